The Kier molecular flexibility index (Phi) is 6.52. The first-order valence-electron chi connectivity index (χ1n) is 9.53. The van der Waals surface area contributed by atoms with Crippen molar-refractivity contribution in [2.24, 2.45) is 5.92 Å². The van der Waals surface area contributed by atoms with E-state index < -0.39 is 22.5 Å². The number of nitrogens with one attached hydrogen (secondary N) is 2. The summed E-state index contributed by atoms with van der Waals surface area (Å²) < 4.78 is 27.0. The summed E-state index contributed by atoms with van der Waals surface area (Å²) in [6, 6.07) is 15.2. The number of benzene rings is 2. The molecule has 7 nitrogen and oxygen atoms in total. The standard InChI is InChI=1S/C21H24N4O3S/c1-16-10-12-25(13-11-16)19-8-6-18(7-9-19)24-21(26)15-23-29(27,28)20-5-3-2-4-17(20)14-22/h2-9,16,23H,10-13,15H2,1H3,(H,24,26). The lowest BCUT2D eigenvalue weighted by Gasteiger charge is -2.32. The Morgan fingerprint density at radius 3 is 2.45 bits per heavy atom. The van der Waals surface area contributed by atoms with Crippen LogP contribution in [-0.2, 0) is 14.8 Å². The van der Waals surface area contributed by atoms with Crippen molar-refractivity contribution in [3.05, 3.63) is 54.1 Å². The van der Waals surface area contributed by atoms with Crippen molar-refractivity contribution in [1.82, 2.24) is 4.72 Å². The maximum absolute atomic E-state index is 12.4. The maximum Gasteiger partial charge on any atom is 0.242 e. The van der Waals surface area contributed by atoms with Crippen molar-refractivity contribution >= 4 is 27.3 Å². The Morgan fingerprint density at radius 1 is 1.14 bits per heavy atom. The zero-order valence-electron chi connectivity index (χ0n) is 16.3. The second kappa shape index (κ2) is 9.07. The highest BCUT2D eigenvalue weighted by atomic mass is 32.2. The largest absolute Gasteiger partial charge is 0.372 e. The number of nitriles is 1. The van der Waals surface area contributed by atoms with Gasteiger partial charge in [0.15, 0.2) is 0 Å². The second-order valence-corrected chi connectivity index (χ2v) is 8.93. The number of rotatable bonds is 6. The summed E-state index contributed by atoms with van der Waals surface area (Å²) >= 11 is 0. The molecule has 29 heavy (non-hydrogen) atoms. The van der Waals surface area contributed by atoms with E-state index in [1.54, 1.807) is 6.07 Å². The van der Waals surface area contributed by atoms with Gasteiger partial charge in [0.2, 0.25) is 15.9 Å². The van der Waals surface area contributed by atoms with Gasteiger partial charge in [-0.25, -0.2) is 13.1 Å². The van der Waals surface area contributed by atoms with Gasteiger partial charge >= 0.3 is 0 Å². The Balaban J connectivity index is 1.56. The summed E-state index contributed by atoms with van der Waals surface area (Å²) in [6.07, 6.45) is 2.35. The molecule has 2 aromatic carbocycles. The van der Waals surface area contributed by atoms with E-state index in [9.17, 15) is 13.2 Å². The number of anilines is 2. The van der Waals surface area contributed by atoms with E-state index in [0.29, 0.717) is 5.69 Å². The normalized spacial score (nSPS) is 15.0. The van der Waals surface area contributed by atoms with Crippen LogP contribution in [0.3, 0.4) is 0 Å². The fourth-order valence-corrected chi connectivity index (χ4v) is 4.40. The van der Waals surface area contributed by atoms with Crippen LogP contribution in [0.15, 0.2) is 53.4 Å². The van der Waals surface area contributed by atoms with Gasteiger partial charge in [-0.1, -0.05) is 19.1 Å². The highest BCUT2D eigenvalue weighted by Crippen LogP contribution is 2.24. The van der Waals surface area contributed by atoms with Crippen LogP contribution in [0.5, 0.6) is 0 Å². The maximum atomic E-state index is 12.4. The molecular weight excluding hydrogens is 388 g/mol. The molecule has 1 aliphatic rings. The van der Waals surface area contributed by atoms with E-state index in [4.69, 9.17) is 5.26 Å². The number of piperidine rings is 1. The Labute approximate surface area is 171 Å². The fourth-order valence-electron chi connectivity index (χ4n) is 3.26. The average Bonchev–Trinajstić information content (AvgIpc) is 2.73. The smallest absolute Gasteiger partial charge is 0.242 e. The van der Waals surface area contributed by atoms with E-state index in [-0.39, 0.29) is 10.5 Å². The van der Waals surface area contributed by atoms with Crippen molar-refractivity contribution in [2.45, 2.75) is 24.7 Å². The minimum absolute atomic E-state index is 0.0307. The summed E-state index contributed by atoms with van der Waals surface area (Å²) in [7, 11) is -3.96. The van der Waals surface area contributed by atoms with Gasteiger partial charge in [-0.3, -0.25) is 4.79 Å². The minimum atomic E-state index is -3.96. The van der Waals surface area contributed by atoms with Gasteiger partial charge in [-0.05, 0) is 55.2 Å². The minimum Gasteiger partial charge on any atom is -0.372 e. The molecular formula is C21H24N4O3S. The first kappa shape index (κ1) is 20.8. The number of sulfonamides is 1. The predicted octanol–water partition coefficient (Wildman–Crippen LogP) is 2.71. The van der Waals surface area contributed by atoms with E-state index >= 15 is 0 Å². The molecule has 0 atom stereocenters. The van der Waals surface area contributed by atoms with Gasteiger partial charge in [0.25, 0.3) is 0 Å². The number of amides is 1. The third-order valence-corrected chi connectivity index (χ3v) is 6.48. The van der Waals surface area contributed by atoms with E-state index in [2.05, 4.69) is 21.9 Å². The number of carbonyl (C=O) groups excluding carboxylic acids is 1. The molecule has 2 N–H and O–H groups in total. The highest BCUT2D eigenvalue weighted by molar-refractivity contribution is 7.89. The molecule has 0 bridgehead atoms. The van der Waals surface area contributed by atoms with Crippen LogP contribution in [0.25, 0.3) is 0 Å². The molecule has 2 aromatic rings. The van der Waals surface area contributed by atoms with Gasteiger partial charge in [-0.15, -0.1) is 0 Å². The molecule has 1 fully saturated rings. The molecule has 1 saturated heterocycles. The predicted molar refractivity (Wildman–Crippen MR) is 112 cm³/mol. The molecule has 0 spiro atoms. The van der Waals surface area contributed by atoms with Gasteiger partial charge in [0.1, 0.15) is 6.07 Å². The monoisotopic (exact) mass is 412 g/mol. The molecule has 1 aliphatic heterocycles. The van der Waals surface area contributed by atoms with Crippen LogP contribution in [0.4, 0.5) is 11.4 Å². The summed E-state index contributed by atoms with van der Waals surface area (Å²) in [5.74, 6) is 0.274. The van der Waals surface area contributed by atoms with Gasteiger partial charge in [0.05, 0.1) is 17.0 Å². The molecule has 0 aromatic heterocycles. The summed E-state index contributed by atoms with van der Waals surface area (Å²) in [6.45, 7) is 3.90. The number of nitrogens with zero attached hydrogens (tertiary/aromatic N) is 2. The Hall–Kier alpha value is -2.89. The summed E-state index contributed by atoms with van der Waals surface area (Å²) in [5.41, 5.74) is 1.74. The van der Waals surface area contributed by atoms with Gasteiger partial charge in [0, 0.05) is 24.5 Å². The van der Waals surface area contributed by atoms with Gasteiger partial charge < -0.3 is 10.2 Å². The first-order chi connectivity index (χ1) is 13.9. The van der Waals surface area contributed by atoms with Crippen LogP contribution < -0.4 is 14.9 Å². The van der Waals surface area contributed by atoms with Crippen molar-refractivity contribution in [3.8, 4) is 6.07 Å². The van der Waals surface area contributed by atoms with Crippen molar-refractivity contribution in [3.63, 3.8) is 0 Å². The third-order valence-electron chi connectivity index (χ3n) is 5.02. The van der Waals surface area contributed by atoms with Crippen LogP contribution in [0, 0.1) is 17.2 Å². The molecule has 1 amide bonds. The van der Waals surface area contributed by atoms with Crippen LogP contribution in [0.1, 0.15) is 25.3 Å². The van der Waals surface area contributed by atoms with E-state index in [1.165, 1.54) is 31.0 Å². The Bertz CT molecular complexity index is 1000. The Morgan fingerprint density at radius 2 is 1.79 bits per heavy atom. The molecule has 0 saturated carbocycles. The lowest BCUT2D eigenvalue weighted by Crippen LogP contribution is -2.33. The van der Waals surface area contributed by atoms with Crippen LogP contribution in [-0.4, -0.2) is 34.0 Å². The van der Waals surface area contributed by atoms with E-state index in [0.717, 1.165) is 24.7 Å². The van der Waals surface area contributed by atoms with E-state index in [1.807, 2.05) is 30.3 Å². The lowest BCUT2D eigenvalue weighted by molar-refractivity contribution is -0.115. The molecule has 1 heterocycles. The number of hydrogen-bond donors (Lipinski definition) is 2. The van der Waals surface area contributed by atoms with Crippen molar-refractivity contribution < 1.29 is 13.2 Å². The number of hydrogen-bond acceptors (Lipinski definition) is 5. The quantitative estimate of drug-likeness (QED) is 0.759. The summed E-state index contributed by atoms with van der Waals surface area (Å²) in [4.78, 5) is 14.3. The molecule has 0 unspecified atom stereocenters. The molecule has 8 heteroatoms. The lowest BCUT2D eigenvalue weighted by atomic mass is 9.99. The second-order valence-electron chi connectivity index (χ2n) is 7.20. The highest BCUT2D eigenvalue weighted by Gasteiger charge is 2.19. The zero-order valence-corrected chi connectivity index (χ0v) is 17.1. The molecule has 0 aliphatic carbocycles. The topological polar surface area (TPSA) is 102 Å². The molecule has 0 radical (unpaired) electrons. The van der Waals surface area contributed by atoms with Crippen molar-refractivity contribution in [1.29, 1.82) is 5.26 Å². The first-order valence-corrected chi connectivity index (χ1v) is 11.0. The van der Waals surface area contributed by atoms with Gasteiger partial charge in [-0.2, -0.15) is 5.26 Å². The third kappa shape index (κ3) is 5.34. The summed E-state index contributed by atoms with van der Waals surface area (Å²) in [5, 5.41) is 11.7. The zero-order chi connectivity index (χ0) is 20.9. The average molecular weight is 413 g/mol. The fraction of sp³-hybridized carbons (Fsp3) is 0.333. The van der Waals surface area contributed by atoms with Crippen LogP contribution >= 0.6 is 0 Å². The molecule has 3 rings (SSSR count). The SMILES string of the molecule is CC1CCN(c2ccc(NC(=O)CNS(=O)(=O)c3ccccc3C#N)cc2)CC1. The molecule has 152 valence electrons. The number of carbonyl (C=O) groups is 1. The van der Waals surface area contributed by atoms with Crippen LogP contribution in [0.2, 0.25) is 0 Å². The van der Waals surface area contributed by atoms with Crippen molar-refractivity contribution in [2.75, 3.05) is 29.9 Å².